The lowest BCUT2D eigenvalue weighted by atomic mass is 10.0. The van der Waals surface area contributed by atoms with Gasteiger partial charge in [0.2, 0.25) is 0 Å². The molecule has 1 amide bonds. The van der Waals surface area contributed by atoms with Gasteiger partial charge in [-0.1, -0.05) is 23.7 Å². The topological polar surface area (TPSA) is 46.6 Å². The molecule has 0 spiro atoms. The number of nitrogens with zero attached hydrogens (tertiary/aromatic N) is 1. The van der Waals surface area contributed by atoms with Gasteiger partial charge in [-0.05, 0) is 48.2 Å². The van der Waals surface area contributed by atoms with Gasteiger partial charge in [-0.25, -0.2) is 4.39 Å². The maximum Gasteiger partial charge on any atom is 0.258 e. The normalized spacial score (nSPS) is 15.6. The monoisotopic (exact) mass is 361 g/mol. The molecule has 2 aromatic rings. The summed E-state index contributed by atoms with van der Waals surface area (Å²) in [6, 6.07) is 9.37. The summed E-state index contributed by atoms with van der Waals surface area (Å²) in [7, 11) is 1.48. The smallest absolute Gasteiger partial charge is 0.258 e. The highest BCUT2D eigenvalue weighted by molar-refractivity contribution is 6.30. The van der Waals surface area contributed by atoms with Crippen molar-refractivity contribution in [1.82, 2.24) is 4.90 Å². The number of para-hydroxylation sites is 1. The third-order valence-corrected chi connectivity index (χ3v) is 4.69. The lowest BCUT2D eigenvalue weighted by Crippen LogP contribution is -2.35. The highest BCUT2D eigenvalue weighted by atomic mass is 35.5. The molecule has 0 saturated carbocycles. The molecule has 0 fully saturated rings. The van der Waals surface area contributed by atoms with Crippen molar-refractivity contribution in [1.29, 1.82) is 0 Å². The van der Waals surface area contributed by atoms with Crippen LogP contribution in [-0.4, -0.2) is 30.7 Å². The zero-order valence-corrected chi connectivity index (χ0v) is 14.4. The van der Waals surface area contributed by atoms with Gasteiger partial charge in [0.25, 0.3) is 5.91 Å². The molecule has 0 saturated heterocycles. The lowest BCUT2D eigenvalue weighted by Gasteiger charge is -2.28. The van der Waals surface area contributed by atoms with Crippen LogP contribution in [0.1, 0.15) is 33.9 Å². The Hall–Kier alpha value is -2.40. The van der Waals surface area contributed by atoms with Crippen LogP contribution in [0.2, 0.25) is 5.02 Å². The quantitative estimate of drug-likeness (QED) is 0.761. The van der Waals surface area contributed by atoms with Crippen molar-refractivity contribution >= 4 is 23.8 Å². The van der Waals surface area contributed by atoms with Crippen molar-refractivity contribution in [3.8, 4) is 5.75 Å². The average Bonchev–Trinajstić information content (AvgIpc) is 3.03. The number of hydrogen-bond donors (Lipinski definition) is 0. The zero-order valence-electron chi connectivity index (χ0n) is 13.7. The first-order chi connectivity index (χ1) is 12.1. The summed E-state index contributed by atoms with van der Waals surface area (Å²) in [4.78, 5) is 25.7. The van der Waals surface area contributed by atoms with E-state index in [1.54, 1.807) is 30.3 Å². The van der Waals surface area contributed by atoms with E-state index in [9.17, 15) is 14.0 Å². The third-order valence-electron chi connectivity index (χ3n) is 4.47. The van der Waals surface area contributed by atoms with Crippen LogP contribution in [0.3, 0.4) is 0 Å². The fourth-order valence-corrected chi connectivity index (χ4v) is 3.57. The summed E-state index contributed by atoms with van der Waals surface area (Å²) < 4.78 is 19.4. The fraction of sp³-hybridized carbons (Fsp3) is 0.263. The van der Waals surface area contributed by atoms with E-state index in [-0.39, 0.29) is 23.3 Å². The van der Waals surface area contributed by atoms with Crippen LogP contribution in [0.25, 0.3) is 0 Å². The van der Waals surface area contributed by atoms with E-state index in [0.717, 1.165) is 0 Å². The average molecular weight is 362 g/mol. The maximum atomic E-state index is 14.1. The molecule has 0 radical (unpaired) electrons. The van der Waals surface area contributed by atoms with E-state index in [4.69, 9.17) is 16.3 Å². The Morgan fingerprint density at radius 2 is 2.16 bits per heavy atom. The number of benzene rings is 2. The van der Waals surface area contributed by atoms with Crippen molar-refractivity contribution in [2.24, 2.45) is 0 Å². The molecule has 0 N–H and O–H groups in total. The highest BCUT2D eigenvalue weighted by Gasteiger charge is 2.34. The first-order valence-corrected chi connectivity index (χ1v) is 8.30. The molecule has 25 heavy (non-hydrogen) atoms. The van der Waals surface area contributed by atoms with Crippen LogP contribution in [-0.2, 0) is 11.2 Å². The molecule has 0 heterocycles. The number of amides is 1. The van der Waals surface area contributed by atoms with Crippen LogP contribution in [0.4, 0.5) is 4.39 Å². The molecule has 4 nitrogen and oxygen atoms in total. The Balaban J connectivity index is 2.01. The van der Waals surface area contributed by atoms with Gasteiger partial charge >= 0.3 is 0 Å². The number of carbonyl (C=O) groups excluding carboxylic acids is 2. The molecular weight excluding hydrogens is 345 g/mol. The van der Waals surface area contributed by atoms with Gasteiger partial charge in [-0.15, -0.1) is 0 Å². The first kappa shape index (κ1) is 17.4. The van der Waals surface area contributed by atoms with Gasteiger partial charge in [0.1, 0.15) is 17.9 Å². The van der Waals surface area contributed by atoms with Crippen molar-refractivity contribution in [3.63, 3.8) is 0 Å². The molecule has 0 bridgehead atoms. The summed E-state index contributed by atoms with van der Waals surface area (Å²) >= 11 is 5.99. The molecule has 0 aliphatic heterocycles. The fourth-order valence-electron chi connectivity index (χ4n) is 3.35. The summed E-state index contributed by atoms with van der Waals surface area (Å²) in [5.41, 5.74) is 1.58. The lowest BCUT2D eigenvalue weighted by molar-refractivity contribution is -0.108. The van der Waals surface area contributed by atoms with E-state index < -0.39 is 6.04 Å². The van der Waals surface area contributed by atoms with Crippen LogP contribution in [0.5, 0.6) is 5.75 Å². The molecule has 1 atom stereocenters. The van der Waals surface area contributed by atoms with Gasteiger partial charge in [-0.3, -0.25) is 4.79 Å². The van der Waals surface area contributed by atoms with Crippen LogP contribution < -0.4 is 4.74 Å². The van der Waals surface area contributed by atoms with Crippen molar-refractivity contribution in [2.75, 3.05) is 13.7 Å². The minimum atomic E-state index is -0.397. The maximum absolute atomic E-state index is 14.1. The number of rotatable bonds is 5. The highest BCUT2D eigenvalue weighted by Crippen LogP contribution is 2.39. The van der Waals surface area contributed by atoms with E-state index in [1.165, 1.54) is 18.1 Å². The summed E-state index contributed by atoms with van der Waals surface area (Å²) in [6.07, 6.45) is 1.71. The molecular formula is C19H17ClFNO3. The number of aldehydes is 1. The predicted molar refractivity (Wildman–Crippen MR) is 92.6 cm³/mol. The van der Waals surface area contributed by atoms with Gasteiger partial charge in [0.15, 0.2) is 0 Å². The molecule has 130 valence electrons. The van der Waals surface area contributed by atoms with Crippen molar-refractivity contribution < 1.29 is 18.7 Å². The van der Waals surface area contributed by atoms with E-state index in [1.807, 2.05) is 0 Å². The number of ether oxygens (including phenoxy) is 1. The Morgan fingerprint density at radius 1 is 1.40 bits per heavy atom. The number of fused-ring (bicyclic) bond motifs is 1. The predicted octanol–water partition coefficient (Wildman–Crippen LogP) is 3.82. The molecule has 0 aromatic heterocycles. The minimum absolute atomic E-state index is 0.0882. The Morgan fingerprint density at radius 3 is 2.88 bits per heavy atom. The third kappa shape index (κ3) is 3.24. The summed E-state index contributed by atoms with van der Waals surface area (Å²) in [5.74, 6) is -0.275. The molecule has 2 aromatic carbocycles. The van der Waals surface area contributed by atoms with Gasteiger partial charge < -0.3 is 14.4 Å². The Bertz CT molecular complexity index is 824. The molecule has 3 rings (SSSR count). The summed E-state index contributed by atoms with van der Waals surface area (Å²) in [5, 5.41) is 0.277. The molecule has 1 aliphatic carbocycles. The SMILES string of the molecule is COc1ccccc1C(=O)N(CC=O)C1CCc2c(F)cc(Cl)cc21. The second-order valence-corrected chi connectivity index (χ2v) is 6.27. The first-order valence-electron chi connectivity index (χ1n) is 7.92. The van der Waals surface area contributed by atoms with E-state index >= 15 is 0 Å². The Labute approximate surface area is 150 Å². The van der Waals surface area contributed by atoms with E-state index in [0.29, 0.717) is 41.6 Å². The van der Waals surface area contributed by atoms with Crippen LogP contribution >= 0.6 is 11.6 Å². The minimum Gasteiger partial charge on any atom is -0.496 e. The second kappa shape index (κ2) is 7.23. The second-order valence-electron chi connectivity index (χ2n) is 5.83. The largest absolute Gasteiger partial charge is 0.496 e. The van der Waals surface area contributed by atoms with Gasteiger partial charge in [0.05, 0.1) is 25.3 Å². The molecule has 6 heteroatoms. The van der Waals surface area contributed by atoms with Gasteiger partial charge in [-0.2, -0.15) is 0 Å². The van der Waals surface area contributed by atoms with Gasteiger partial charge in [0, 0.05) is 5.02 Å². The number of methoxy groups -OCH3 is 1. The summed E-state index contributed by atoms with van der Waals surface area (Å²) in [6.45, 7) is -0.0882. The number of halogens is 2. The zero-order chi connectivity index (χ0) is 18.0. The number of hydrogen-bond acceptors (Lipinski definition) is 3. The van der Waals surface area contributed by atoms with Crippen molar-refractivity contribution in [2.45, 2.75) is 18.9 Å². The van der Waals surface area contributed by atoms with Crippen LogP contribution in [0.15, 0.2) is 36.4 Å². The van der Waals surface area contributed by atoms with Crippen LogP contribution in [0, 0.1) is 5.82 Å². The molecule has 1 aliphatic rings. The molecule has 1 unspecified atom stereocenters. The number of carbonyl (C=O) groups is 2. The van der Waals surface area contributed by atoms with E-state index in [2.05, 4.69) is 0 Å². The standard InChI is InChI=1S/C19H17ClFNO3/c1-25-18-5-3-2-4-14(18)19(24)22(8-9-23)17-7-6-13-15(17)10-12(20)11-16(13)21/h2-5,9-11,17H,6-8H2,1H3. The Kier molecular flexibility index (Phi) is 5.04. The van der Waals surface area contributed by atoms with Crippen molar-refractivity contribution in [3.05, 3.63) is 63.9 Å².